The Kier molecular flexibility index (Phi) is 4.48. The predicted octanol–water partition coefficient (Wildman–Crippen LogP) is 2.53. The van der Waals surface area contributed by atoms with E-state index in [2.05, 4.69) is 10.6 Å². The van der Waals surface area contributed by atoms with Gasteiger partial charge < -0.3 is 10.6 Å². The molecule has 2 rings (SSSR count). The minimum atomic E-state index is -5.36. The molecule has 0 amide bonds. The Morgan fingerprint density at radius 3 is 2.57 bits per heavy atom. The molecule has 1 aromatic rings. The first kappa shape index (κ1) is 16.1. The molecule has 0 bridgehead atoms. The maximum Gasteiger partial charge on any atom is 0.501 e. The molecule has 2 unspecified atom stereocenters. The maximum absolute atomic E-state index is 12.7. The lowest BCUT2D eigenvalue weighted by Crippen LogP contribution is -2.46. The molecule has 1 aromatic carbocycles. The van der Waals surface area contributed by atoms with Crippen molar-refractivity contribution in [3.8, 4) is 0 Å². The largest absolute Gasteiger partial charge is 0.501 e. The van der Waals surface area contributed by atoms with E-state index < -0.39 is 20.2 Å². The molecule has 0 aliphatic carbocycles. The minimum Gasteiger partial charge on any atom is -0.380 e. The van der Waals surface area contributed by atoms with E-state index in [-0.39, 0.29) is 17.8 Å². The number of hydrogen-bond donors (Lipinski definition) is 2. The Bertz CT molecular complexity index is 602. The number of benzene rings is 1. The fourth-order valence-corrected chi connectivity index (χ4v) is 3.31. The fourth-order valence-electron chi connectivity index (χ4n) is 2.39. The highest BCUT2D eigenvalue weighted by Gasteiger charge is 2.48. The highest BCUT2D eigenvalue weighted by molar-refractivity contribution is 7.92. The summed E-state index contributed by atoms with van der Waals surface area (Å²) in [5, 5.41) is 6.14. The highest BCUT2D eigenvalue weighted by Crippen LogP contribution is 2.34. The normalized spacial score (nSPS) is 23.8. The fraction of sp³-hybridized carbons (Fsp3) is 0.538. The number of hydrogen-bond acceptors (Lipinski definition) is 4. The first-order valence-corrected chi connectivity index (χ1v) is 8.12. The van der Waals surface area contributed by atoms with Crippen molar-refractivity contribution in [2.24, 2.45) is 0 Å². The third-order valence-corrected chi connectivity index (χ3v) is 5.13. The average molecular weight is 322 g/mol. The smallest absolute Gasteiger partial charge is 0.380 e. The molecule has 1 fully saturated rings. The topological polar surface area (TPSA) is 58.2 Å². The average Bonchev–Trinajstić information content (AvgIpc) is 2.40. The standard InChI is InChI=1S/C13H17F3N2O2S/c1-9-10(6-4-8-17-9)18-11-5-2-3-7-12(11)21(19,20)13(14,15)16/h2-3,5,7,9-10,17-18H,4,6,8H2,1H3. The van der Waals surface area contributed by atoms with Crippen molar-refractivity contribution in [3.63, 3.8) is 0 Å². The Balaban J connectivity index is 2.34. The van der Waals surface area contributed by atoms with Gasteiger partial charge in [0.25, 0.3) is 9.84 Å². The second kappa shape index (κ2) is 5.84. The number of alkyl halides is 3. The van der Waals surface area contributed by atoms with Crippen LogP contribution in [0.2, 0.25) is 0 Å². The third-order valence-electron chi connectivity index (χ3n) is 3.58. The van der Waals surface area contributed by atoms with Gasteiger partial charge in [-0.25, -0.2) is 8.42 Å². The van der Waals surface area contributed by atoms with Crippen LogP contribution in [0.3, 0.4) is 0 Å². The van der Waals surface area contributed by atoms with Crippen molar-refractivity contribution < 1.29 is 21.6 Å². The lowest BCUT2D eigenvalue weighted by molar-refractivity contribution is -0.0435. The van der Waals surface area contributed by atoms with Crippen LogP contribution in [-0.2, 0) is 9.84 Å². The van der Waals surface area contributed by atoms with Gasteiger partial charge in [-0.2, -0.15) is 13.2 Å². The number of anilines is 1. The van der Waals surface area contributed by atoms with Crippen LogP contribution in [0.25, 0.3) is 0 Å². The molecular weight excluding hydrogens is 305 g/mol. The summed E-state index contributed by atoms with van der Waals surface area (Å²) >= 11 is 0. The second-order valence-electron chi connectivity index (χ2n) is 5.08. The molecule has 0 radical (unpaired) electrons. The van der Waals surface area contributed by atoms with Crippen LogP contribution in [0.4, 0.5) is 18.9 Å². The molecule has 1 saturated heterocycles. The highest BCUT2D eigenvalue weighted by atomic mass is 32.2. The molecule has 1 heterocycles. The van der Waals surface area contributed by atoms with E-state index in [4.69, 9.17) is 0 Å². The van der Waals surface area contributed by atoms with E-state index in [1.165, 1.54) is 18.2 Å². The Hall–Kier alpha value is -1.28. The van der Waals surface area contributed by atoms with Crippen molar-refractivity contribution in [1.82, 2.24) is 5.32 Å². The molecule has 0 saturated carbocycles. The second-order valence-corrected chi connectivity index (χ2v) is 6.99. The molecule has 0 spiro atoms. The zero-order chi connectivity index (χ0) is 15.7. The first-order chi connectivity index (χ1) is 9.73. The Morgan fingerprint density at radius 2 is 1.95 bits per heavy atom. The van der Waals surface area contributed by atoms with Gasteiger partial charge in [0.1, 0.15) is 0 Å². The number of rotatable bonds is 3. The zero-order valence-electron chi connectivity index (χ0n) is 11.4. The van der Waals surface area contributed by atoms with E-state index >= 15 is 0 Å². The van der Waals surface area contributed by atoms with E-state index in [1.54, 1.807) is 0 Å². The molecule has 2 atom stereocenters. The van der Waals surface area contributed by atoms with Crippen molar-refractivity contribution in [2.45, 2.75) is 42.3 Å². The number of nitrogens with one attached hydrogen (secondary N) is 2. The van der Waals surface area contributed by atoms with E-state index in [9.17, 15) is 21.6 Å². The van der Waals surface area contributed by atoms with E-state index in [0.29, 0.717) is 0 Å². The van der Waals surface area contributed by atoms with Crippen LogP contribution in [0.5, 0.6) is 0 Å². The van der Waals surface area contributed by atoms with Gasteiger partial charge in [-0.15, -0.1) is 0 Å². The van der Waals surface area contributed by atoms with Gasteiger partial charge in [0.2, 0.25) is 0 Å². The number of para-hydroxylation sites is 1. The van der Waals surface area contributed by atoms with Crippen LogP contribution in [0, 0.1) is 0 Å². The minimum absolute atomic E-state index is 0.00428. The van der Waals surface area contributed by atoms with Gasteiger partial charge in [0, 0.05) is 12.1 Å². The molecule has 8 heteroatoms. The van der Waals surface area contributed by atoms with Crippen molar-refractivity contribution in [1.29, 1.82) is 0 Å². The molecule has 4 nitrogen and oxygen atoms in total. The van der Waals surface area contributed by atoms with Gasteiger partial charge in [-0.3, -0.25) is 0 Å². The van der Waals surface area contributed by atoms with Gasteiger partial charge in [-0.1, -0.05) is 12.1 Å². The van der Waals surface area contributed by atoms with Crippen LogP contribution in [-0.4, -0.2) is 32.6 Å². The molecule has 1 aliphatic heterocycles. The van der Waals surface area contributed by atoms with Gasteiger partial charge in [0.15, 0.2) is 0 Å². The molecule has 118 valence electrons. The van der Waals surface area contributed by atoms with Gasteiger partial charge in [-0.05, 0) is 38.4 Å². The molecule has 1 aliphatic rings. The van der Waals surface area contributed by atoms with Crippen LogP contribution >= 0.6 is 0 Å². The maximum atomic E-state index is 12.7. The summed E-state index contributed by atoms with van der Waals surface area (Å²) in [6.45, 7) is 2.76. The molecular formula is C13H17F3N2O2S. The molecule has 21 heavy (non-hydrogen) atoms. The van der Waals surface area contributed by atoms with Gasteiger partial charge in [0.05, 0.1) is 10.6 Å². The summed E-state index contributed by atoms with van der Waals surface area (Å²) in [5.41, 5.74) is -5.31. The Morgan fingerprint density at radius 1 is 1.29 bits per heavy atom. The number of halogens is 3. The number of piperidine rings is 1. The summed E-state index contributed by atoms with van der Waals surface area (Å²) in [6, 6.07) is 5.08. The first-order valence-electron chi connectivity index (χ1n) is 6.64. The van der Waals surface area contributed by atoms with Crippen LogP contribution < -0.4 is 10.6 Å². The van der Waals surface area contributed by atoms with Crippen molar-refractivity contribution in [3.05, 3.63) is 24.3 Å². The quantitative estimate of drug-likeness (QED) is 0.898. The lowest BCUT2D eigenvalue weighted by Gasteiger charge is -2.32. The summed E-state index contributed by atoms with van der Waals surface area (Å²) < 4.78 is 61.4. The lowest BCUT2D eigenvalue weighted by atomic mass is 9.99. The third kappa shape index (κ3) is 3.32. The predicted molar refractivity (Wildman–Crippen MR) is 73.8 cm³/mol. The van der Waals surface area contributed by atoms with Crippen LogP contribution in [0.1, 0.15) is 19.8 Å². The summed E-state index contributed by atoms with van der Waals surface area (Å²) in [6.07, 6.45) is 1.66. The van der Waals surface area contributed by atoms with E-state index in [1.807, 2.05) is 6.92 Å². The zero-order valence-corrected chi connectivity index (χ0v) is 12.3. The summed E-state index contributed by atoms with van der Waals surface area (Å²) in [7, 11) is -5.36. The monoisotopic (exact) mass is 322 g/mol. The van der Waals surface area contributed by atoms with Crippen molar-refractivity contribution in [2.75, 3.05) is 11.9 Å². The number of sulfone groups is 1. The van der Waals surface area contributed by atoms with Gasteiger partial charge >= 0.3 is 5.51 Å². The SMILES string of the molecule is CC1NCCCC1Nc1ccccc1S(=O)(=O)C(F)(F)F. The Labute approximate surface area is 121 Å². The summed E-state index contributed by atoms with van der Waals surface area (Å²) in [4.78, 5) is -0.727. The van der Waals surface area contributed by atoms with Crippen LogP contribution in [0.15, 0.2) is 29.2 Å². The molecule has 0 aromatic heterocycles. The van der Waals surface area contributed by atoms with E-state index in [0.717, 1.165) is 25.5 Å². The summed E-state index contributed by atoms with van der Waals surface area (Å²) in [5.74, 6) is 0. The van der Waals surface area contributed by atoms with Crippen molar-refractivity contribution >= 4 is 15.5 Å². The molecule has 2 N–H and O–H groups in total.